The number of anilines is 1. The Hall–Kier alpha value is -3.16. The van der Waals surface area contributed by atoms with Crippen LogP contribution < -0.4 is 14.8 Å². The predicted octanol–water partition coefficient (Wildman–Crippen LogP) is 2.94. The molecule has 1 fully saturated rings. The summed E-state index contributed by atoms with van der Waals surface area (Å²) < 4.78 is 10.9. The quantitative estimate of drug-likeness (QED) is 0.752. The second-order valence-electron chi connectivity index (χ2n) is 7.48. The number of hydrogen-bond donors (Lipinski definition) is 1. The summed E-state index contributed by atoms with van der Waals surface area (Å²) in [6.07, 6.45) is 7.49. The van der Waals surface area contributed by atoms with E-state index in [4.69, 9.17) is 9.47 Å². The average molecular weight is 412 g/mol. The van der Waals surface area contributed by atoms with Gasteiger partial charge in [-0.05, 0) is 37.3 Å². The minimum Gasteiger partial charge on any atom is -0.493 e. The van der Waals surface area contributed by atoms with Gasteiger partial charge in [-0.1, -0.05) is 6.92 Å². The van der Waals surface area contributed by atoms with Crippen molar-refractivity contribution in [3.63, 3.8) is 0 Å². The van der Waals surface area contributed by atoms with Gasteiger partial charge in [-0.25, -0.2) is 0 Å². The molecule has 0 saturated carbocycles. The molecule has 1 aliphatic heterocycles. The van der Waals surface area contributed by atoms with Crippen LogP contribution in [0.25, 0.3) is 0 Å². The maximum Gasteiger partial charge on any atom is 0.254 e. The van der Waals surface area contributed by atoms with Crippen LogP contribution in [0.15, 0.2) is 30.7 Å². The van der Waals surface area contributed by atoms with E-state index in [9.17, 15) is 9.59 Å². The van der Waals surface area contributed by atoms with Crippen molar-refractivity contribution in [2.75, 3.05) is 32.6 Å². The van der Waals surface area contributed by atoms with Gasteiger partial charge < -0.3 is 19.7 Å². The van der Waals surface area contributed by atoms with Crippen LogP contribution in [-0.2, 0) is 11.2 Å². The van der Waals surface area contributed by atoms with Gasteiger partial charge in [0.05, 0.1) is 25.6 Å². The van der Waals surface area contributed by atoms with E-state index >= 15 is 0 Å². The summed E-state index contributed by atoms with van der Waals surface area (Å²) in [5.41, 5.74) is 1.61. The fraction of sp³-hybridized carbons (Fsp3) is 0.455. The summed E-state index contributed by atoms with van der Waals surface area (Å²) >= 11 is 0. The smallest absolute Gasteiger partial charge is 0.254 e. The third-order valence-electron chi connectivity index (χ3n) is 5.30. The number of methoxy groups -OCH3 is 2. The summed E-state index contributed by atoms with van der Waals surface area (Å²) in [6, 6.07) is 3.32. The lowest BCUT2D eigenvalue weighted by molar-refractivity contribution is -0.116. The van der Waals surface area contributed by atoms with Crippen LogP contribution >= 0.6 is 0 Å². The van der Waals surface area contributed by atoms with Crippen LogP contribution in [0.5, 0.6) is 11.5 Å². The zero-order chi connectivity index (χ0) is 21.5. The van der Waals surface area contributed by atoms with Crippen LogP contribution in [0.1, 0.15) is 42.2 Å². The lowest BCUT2D eigenvalue weighted by atomic mass is 9.98. The molecule has 2 aromatic rings. The molecule has 3 rings (SSSR count). The van der Waals surface area contributed by atoms with Crippen molar-refractivity contribution in [3.05, 3.63) is 42.0 Å². The molecule has 1 N–H and O–H groups in total. The summed E-state index contributed by atoms with van der Waals surface area (Å²) in [4.78, 5) is 35.6. The molecule has 0 bridgehead atoms. The molecule has 2 heterocycles. The number of aryl methyl sites for hydroxylation is 1. The molecule has 1 saturated heterocycles. The topological polar surface area (TPSA) is 93.7 Å². The molecule has 0 unspecified atom stereocenters. The van der Waals surface area contributed by atoms with E-state index in [1.807, 2.05) is 4.90 Å². The molecule has 1 aliphatic rings. The van der Waals surface area contributed by atoms with Crippen LogP contribution in [-0.4, -0.2) is 54.0 Å². The number of likely N-dealkylation sites (tertiary alicyclic amines) is 1. The maximum atomic E-state index is 13.0. The molecule has 1 aromatic carbocycles. The third-order valence-corrected chi connectivity index (χ3v) is 5.30. The zero-order valence-corrected chi connectivity index (χ0v) is 17.7. The van der Waals surface area contributed by atoms with Crippen LogP contribution in [0, 0.1) is 5.92 Å². The van der Waals surface area contributed by atoms with Gasteiger partial charge in [0.1, 0.15) is 0 Å². The predicted molar refractivity (Wildman–Crippen MR) is 113 cm³/mol. The van der Waals surface area contributed by atoms with Crippen molar-refractivity contribution < 1.29 is 19.1 Å². The van der Waals surface area contributed by atoms with E-state index in [0.717, 1.165) is 31.6 Å². The standard InChI is InChI=1S/C22H28N4O4/c1-15-6-10-26(11-7-15)22(28)16-12-18(21(30-3)19(13-16)29-2)25-20(27)5-4-17-14-23-8-9-24-17/h8-9,12-15H,4-7,10-11H2,1-3H3,(H,25,27). The van der Waals surface area contributed by atoms with Crippen LogP contribution in [0.2, 0.25) is 0 Å². The number of piperidine rings is 1. The number of amides is 2. The Balaban J connectivity index is 1.77. The minimum atomic E-state index is -0.211. The normalized spacial score (nSPS) is 14.3. The highest BCUT2D eigenvalue weighted by Crippen LogP contribution is 2.37. The summed E-state index contributed by atoms with van der Waals surface area (Å²) in [5, 5.41) is 2.85. The summed E-state index contributed by atoms with van der Waals surface area (Å²) in [7, 11) is 3.01. The highest BCUT2D eigenvalue weighted by atomic mass is 16.5. The summed E-state index contributed by atoms with van der Waals surface area (Å²) in [6.45, 7) is 3.66. The molecule has 0 radical (unpaired) electrons. The molecule has 2 amide bonds. The maximum absolute atomic E-state index is 13.0. The Labute approximate surface area is 176 Å². The Morgan fingerprint density at radius 3 is 2.57 bits per heavy atom. The van der Waals surface area contributed by atoms with E-state index in [0.29, 0.717) is 35.1 Å². The van der Waals surface area contributed by atoms with Crippen LogP contribution in [0.3, 0.4) is 0 Å². The number of carbonyl (C=O) groups is 2. The second kappa shape index (κ2) is 10.0. The molecular formula is C22H28N4O4. The van der Waals surface area contributed by atoms with Gasteiger partial charge in [0, 0.05) is 43.7 Å². The zero-order valence-electron chi connectivity index (χ0n) is 17.7. The lowest BCUT2D eigenvalue weighted by Gasteiger charge is -2.30. The SMILES string of the molecule is COc1cc(C(=O)N2CCC(C)CC2)cc(NC(=O)CCc2cnccn2)c1OC. The Morgan fingerprint density at radius 2 is 1.93 bits per heavy atom. The Bertz CT molecular complexity index is 880. The highest BCUT2D eigenvalue weighted by molar-refractivity contribution is 5.99. The third kappa shape index (κ3) is 5.25. The van der Waals surface area contributed by atoms with Crippen molar-refractivity contribution in [3.8, 4) is 11.5 Å². The first-order chi connectivity index (χ1) is 14.5. The molecule has 0 spiro atoms. The van der Waals surface area contributed by atoms with Gasteiger partial charge in [-0.2, -0.15) is 0 Å². The Kier molecular flexibility index (Phi) is 7.21. The van der Waals surface area contributed by atoms with Gasteiger partial charge >= 0.3 is 0 Å². The first kappa shape index (κ1) is 21.5. The molecule has 0 aliphatic carbocycles. The minimum absolute atomic E-state index is 0.0714. The van der Waals surface area contributed by atoms with Crippen molar-refractivity contribution >= 4 is 17.5 Å². The first-order valence-corrected chi connectivity index (χ1v) is 10.1. The number of aromatic nitrogens is 2. The average Bonchev–Trinajstić information content (AvgIpc) is 2.77. The summed E-state index contributed by atoms with van der Waals surface area (Å²) in [5.74, 6) is 1.13. The monoisotopic (exact) mass is 412 g/mol. The fourth-order valence-electron chi connectivity index (χ4n) is 3.49. The molecule has 160 valence electrons. The molecule has 8 nitrogen and oxygen atoms in total. The van der Waals surface area contributed by atoms with E-state index < -0.39 is 0 Å². The van der Waals surface area contributed by atoms with Crippen molar-refractivity contribution in [1.29, 1.82) is 0 Å². The van der Waals surface area contributed by atoms with Gasteiger partial charge in [0.2, 0.25) is 5.91 Å². The van der Waals surface area contributed by atoms with E-state index in [2.05, 4.69) is 22.2 Å². The number of carbonyl (C=O) groups excluding carboxylic acids is 2. The first-order valence-electron chi connectivity index (χ1n) is 10.1. The number of hydrogen-bond acceptors (Lipinski definition) is 6. The highest BCUT2D eigenvalue weighted by Gasteiger charge is 2.24. The molecule has 0 atom stereocenters. The van der Waals surface area contributed by atoms with Crippen molar-refractivity contribution in [2.45, 2.75) is 32.6 Å². The second-order valence-corrected chi connectivity index (χ2v) is 7.48. The van der Waals surface area contributed by atoms with Crippen molar-refractivity contribution in [2.24, 2.45) is 5.92 Å². The molecule has 1 aromatic heterocycles. The Morgan fingerprint density at radius 1 is 1.17 bits per heavy atom. The van der Waals surface area contributed by atoms with Gasteiger partial charge in [-0.15, -0.1) is 0 Å². The van der Waals surface area contributed by atoms with E-state index in [-0.39, 0.29) is 18.2 Å². The van der Waals surface area contributed by atoms with E-state index in [1.165, 1.54) is 14.2 Å². The number of benzene rings is 1. The fourth-order valence-corrected chi connectivity index (χ4v) is 3.49. The number of rotatable bonds is 7. The van der Waals surface area contributed by atoms with Gasteiger partial charge in [-0.3, -0.25) is 19.6 Å². The molecule has 8 heteroatoms. The molecule has 30 heavy (non-hydrogen) atoms. The van der Waals surface area contributed by atoms with Crippen LogP contribution in [0.4, 0.5) is 5.69 Å². The van der Waals surface area contributed by atoms with Crippen molar-refractivity contribution in [1.82, 2.24) is 14.9 Å². The van der Waals surface area contributed by atoms with E-state index in [1.54, 1.807) is 30.7 Å². The number of nitrogens with zero attached hydrogens (tertiary/aromatic N) is 3. The number of ether oxygens (including phenoxy) is 2. The number of nitrogens with one attached hydrogen (secondary N) is 1. The van der Waals surface area contributed by atoms with Gasteiger partial charge in [0.15, 0.2) is 11.5 Å². The largest absolute Gasteiger partial charge is 0.493 e. The van der Waals surface area contributed by atoms with Gasteiger partial charge in [0.25, 0.3) is 5.91 Å². The molecular weight excluding hydrogens is 384 g/mol. The lowest BCUT2D eigenvalue weighted by Crippen LogP contribution is -2.37.